The third-order valence-electron chi connectivity index (χ3n) is 2.25. The molecule has 1 aromatic rings. The minimum absolute atomic E-state index is 0.0650. The molecule has 1 aromatic carbocycles. The lowest BCUT2D eigenvalue weighted by Crippen LogP contribution is -2.32. The SMILES string of the molecule is Cc1c(N=[N+]=[N-])cc(CS(=O)(=O)Cl)cc1B(O)O. The van der Waals surface area contributed by atoms with Crippen LogP contribution in [0.3, 0.4) is 0 Å². The highest BCUT2D eigenvalue weighted by Crippen LogP contribution is 2.21. The van der Waals surface area contributed by atoms with E-state index in [-0.39, 0.29) is 16.7 Å². The topological polar surface area (TPSA) is 123 Å². The van der Waals surface area contributed by atoms with Crippen LogP contribution in [0.15, 0.2) is 17.2 Å². The molecule has 0 bridgehead atoms. The van der Waals surface area contributed by atoms with E-state index < -0.39 is 21.9 Å². The van der Waals surface area contributed by atoms with Crippen molar-refractivity contribution in [3.63, 3.8) is 0 Å². The molecule has 0 aliphatic rings. The number of hydrogen-bond donors (Lipinski definition) is 2. The van der Waals surface area contributed by atoms with Gasteiger partial charge in [-0.2, -0.15) is 0 Å². The van der Waals surface area contributed by atoms with Crippen LogP contribution in [-0.4, -0.2) is 25.6 Å². The van der Waals surface area contributed by atoms with Gasteiger partial charge in [-0.15, -0.1) is 0 Å². The highest BCUT2D eigenvalue weighted by atomic mass is 35.7. The molecule has 7 nitrogen and oxygen atoms in total. The van der Waals surface area contributed by atoms with Gasteiger partial charge in [0.05, 0.1) is 5.75 Å². The summed E-state index contributed by atoms with van der Waals surface area (Å²) in [7, 11) is -0.473. The number of benzene rings is 1. The second kappa shape index (κ2) is 5.60. The number of nitrogens with zero attached hydrogens (tertiary/aromatic N) is 3. The van der Waals surface area contributed by atoms with Gasteiger partial charge in [0, 0.05) is 21.3 Å². The first kappa shape index (κ1) is 14.8. The van der Waals surface area contributed by atoms with E-state index >= 15 is 0 Å². The van der Waals surface area contributed by atoms with Crippen molar-refractivity contribution < 1.29 is 18.5 Å². The van der Waals surface area contributed by atoms with Crippen molar-refractivity contribution in [3.05, 3.63) is 33.7 Å². The Morgan fingerprint density at radius 1 is 1.50 bits per heavy atom. The average molecular weight is 290 g/mol. The number of azide groups is 1. The molecule has 0 heterocycles. The summed E-state index contributed by atoms with van der Waals surface area (Å²) in [6.07, 6.45) is 0. The molecule has 0 atom stereocenters. The third-order valence-corrected chi connectivity index (χ3v) is 3.26. The summed E-state index contributed by atoms with van der Waals surface area (Å²) in [5, 5.41) is 21.7. The highest BCUT2D eigenvalue weighted by molar-refractivity contribution is 8.13. The van der Waals surface area contributed by atoms with Gasteiger partial charge in [-0.05, 0) is 35.1 Å². The van der Waals surface area contributed by atoms with Crippen molar-refractivity contribution in [2.45, 2.75) is 12.7 Å². The fraction of sp³-hybridized carbons (Fsp3) is 0.250. The summed E-state index contributed by atoms with van der Waals surface area (Å²) in [5.74, 6) is -0.498. The molecular formula is C8H9BClN3O4S. The largest absolute Gasteiger partial charge is 0.488 e. The van der Waals surface area contributed by atoms with Crippen molar-refractivity contribution in [1.29, 1.82) is 0 Å². The lowest BCUT2D eigenvalue weighted by atomic mass is 9.76. The van der Waals surface area contributed by atoms with E-state index in [2.05, 4.69) is 10.0 Å². The molecule has 0 radical (unpaired) electrons. The predicted molar refractivity (Wildman–Crippen MR) is 68.3 cm³/mol. The first-order valence-electron chi connectivity index (χ1n) is 4.71. The van der Waals surface area contributed by atoms with E-state index in [4.69, 9.17) is 26.3 Å². The molecule has 0 amide bonds. The molecule has 0 spiro atoms. The Bertz CT molecular complexity index is 613. The van der Waals surface area contributed by atoms with E-state index in [0.29, 0.717) is 5.56 Å². The van der Waals surface area contributed by atoms with Gasteiger partial charge in [0.15, 0.2) is 0 Å². The first-order valence-corrected chi connectivity index (χ1v) is 7.19. The van der Waals surface area contributed by atoms with Crippen LogP contribution >= 0.6 is 10.7 Å². The summed E-state index contributed by atoms with van der Waals surface area (Å²) in [4.78, 5) is 2.58. The quantitative estimate of drug-likeness (QED) is 0.278. The molecule has 0 fully saturated rings. The third kappa shape index (κ3) is 3.90. The zero-order valence-electron chi connectivity index (χ0n) is 9.28. The van der Waals surface area contributed by atoms with Gasteiger partial charge in [0.2, 0.25) is 9.05 Å². The Hall–Kier alpha value is -1.25. The van der Waals surface area contributed by atoms with Gasteiger partial charge >= 0.3 is 7.12 Å². The lowest BCUT2D eigenvalue weighted by molar-refractivity contribution is 0.425. The van der Waals surface area contributed by atoms with Crippen LogP contribution in [0.5, 0.6) is 0 Å². The molecule has 0 aliphatic carbocycles. The summed E-state index contributed by atoms with van der Waals surface area (Å²) in [6, 6.07) is 2.62. The maximum absolute atomic E-state index is 11.0. The van der Waals surface area contributed by atoms with E-state index in [9.17, 15) is 8.42 Å². The van der Waals surface area contributed by atoms with E-state index in [1.165, 1.54) is 19.1 Å². The van der Waals surface area contributed by atoms with E-state index in [1.54, 1.807) is 0 Å². The van der Waals surface area contributed by atoms with Gasteiger partial charge in [-0.1, -0.05) is 11.2 Å². The smallest absolute Gasteiger partial charge is 0.423 e. The van der Waals surface area contributed by atoms with Crippen LogP contribution in [-0.2, 0) is 14.8 Å². The van der Waals surface area contributed by atoms with Crippen molar-refractivity contribution in [2.24, 2.45) is 5.11 Å². The minimum atomic E-state index is -3.79. The van der Waals surface area contributed by atoms with Crippen LogP contribution in [0.4, 0.5) is 5.69 Å². The number of hydrogen-bond acceptors (Lipinski definition) is 5. The van der Waals surface area contributed by atoms with Gasteiger partial charge in [-0.25, -0.2) is 8.42 Å². The Labute approximate surface area is 108 Å². The zero-order chi connectivity index (χ0) is 13.9. The van der Waals surface area contributed by atoms with Crippen molar-refractivity contribution in [1.82, 2.24) is 0 Å². The summed E-state index contributed by atoms with van der Waals surface area (Å²) < 4.78 is 21.9. The summed E-state index contributed by atoms with van der Waals surface area (Å²) in [6.45, 7) is 1.53. The van der Waals surface area contributed by atoms with E-state index in [1.807, 2.05) is 0 Å². The second-order valence-corrected chi connectivity index (χ2v) is 6.35. The Morgan fingerprint density at radius 3 is 2.56 bits per heavy atom. The molecular weight excluding hydrogens is 280 g/mol. The molecule has 96 valence electrons. The molecule has 0 unspecified atom stereocenters. The molecule has 0 aromatic heterocycles. The fourth-order valence-electron chi connectivity index (χ4n) is 1.48. The molecule has 0 saturated heterocycles. The maximum atomic E-state index is 11.0. The molecule has 10 heteroatoms. The molecule has 0 saturated carbocycles. The van der Waals surface area contributed by atoms with Crippen LogP contribution in [0.2, 0.25) is 0 Å². The van der Waals surface area contributed by atoms with Crippen molar-refractivity contribution >= 4 is 38.0 Å². The Morgan fingerprint density at radius 2 is 2.11 bits per heavy atom. The number of rotatable bonds is 4. The van der Waals surface area contributed by atoms with Crippen molar-refractivity contribution in [2.75, 3.05) is 0 Å². The monoisotopic (exact) mass is 289 g/mol. The van der Waals surface area contributed by atoms with Gasteiger partial charge in [0.25, 0.3) is 0 Å². The van der Waals surface area contributed by atoms with E-state index in [0.717, 1.165) is 0 Å². The second-order valence-electron chi connectivity index (χ2n) is 3.58. The zero-order valence-corrected chi connectivity index (χ0v) is 10.9. The van der Waals surface area contributed by atoms with Crippen LogP contribution < -0.4 is 5.46 Å². The molecule has 18 heavy (non-hydrogen) atoms. The molecule has 1 rings (SSSR count). The first-order chi connectivity index (χ1) is 8.24. The van der Waals surface area contributed by atoms with Crippen LogP contribution in [0.25, 0.3) is 10.4 Å². The predicted octanol–water partition coefficient (Wildman–Crippen LogP) is 0.685. The Balaban J connectivity index is 3.42. The molecule has 0 aliphatic heterocycles. The maximum Gasteiger partial charge on any atom is 0.488 e. The minimum Gasteiger partial charge on any atom is -0.423 e. The van der Waals surface area contributed by atoms with Crippen LogP contribution in [0, 0.1) is 6.92 Å². The van der Waals surface area contributed by atoms with Gasteiger partial charge < -0.3 is 10.0 Å². The highest BCUT2D eigenvalue weighted by Gasteiger charge is 2.19. The van der Waals surface area contributed by atoms with Gasteiger partial charge in [-0.3, -0.25) is 0 Å². The average Bonchev–Trinajstić information content (AvgIpc) is 2.20. The number of halogens is 1. The van der Waals surface area contributed by atoms with Crippen molar-refractivity contribution in [3.8, 4) is 0 Å². The molecule has 2 N–H and O–H groups in total. The summed E-state index contributed by atoms with van der Waals surface area (Å²) in [5.41, 5.74) is 9.14. The summed E-state index contributed by atoms with van der Waals surface area (Å²) >= 11 is 0. The fourth-order valence-corrected chi connectivity index (χ4v) is 2.43. The Kier molecular flexibility index (Phi) is 4.61. The van der Waals surface area contributed by atoms with Gasteiger partial charge in [0.1, 0.15) is 0 Å². The standard InChI is InChI=1S/C8H9BClN3O4S/c1-5-7(9(14)15)2-6(4-18(10,16)17)3-8(5)12-13-11/h2-3,14-15H,4H2,1H3. The van der Waals surface area contributed by atoms with Crippen LogP contribution in [0.1, 0.15) is 11.1 Å². The normalized spacial score (nSPS) is 10.9. The lowest BCUT2D eigenvalue weighted by Gasteiger charge is -2.10.